The Morgan fingerprint density at radius 3 is 2.28 bits per heavy atom. The highest BCUT2D eigenvalue weighted by atomic mass is 16.5. The lowest BCUT2D eigenvalue weighted by molar-refractivity contribution is -0.137. The van der Waals surface area contributed by atoms with Crippen LogP contribution in [0, 0.1) is 0 Å². The standard InChI is InChI=1S/C29H41N3O4/c1-7-35-27-17-23(10-15-26(27)36-19-29(34)32(20(2)3)21(4)5)18-30-22(6)24-11-13-25(14-12-24)31-16-8-9-28(31)33/h10-15,17,20-22,30H,7-9,16,18-19H2,1-6H3. The molecule has 1 atom stereocenters. The largest absolute Gasteiger partial charge is 0.490 e. The first kappa shape index (κ1) is 27.5. The van der Waals surface area contributed by atoms with Crippen molar-refractivity contribution in [2.75, 3.05) is 24.7 Å². The third-order valence-corrected chi connectivity index (χ3v) is 6.45. The van der Waals surface area contributed by atoms with E-state index in [1.54, 1.807) is 0 Å². The van der Waals surface area contributed by atoms with Crippen LogP contribution >= 0.6 is 0 Å². The lowest BCUT2D eigenvalue weighted by Crippen LogP contribution is -2.44. The molecule has 0 bridgehead atoms. The predicted molar refractivity (Wildman–Crippen MR) is 144 cm³/mol. The number of benzene rings is 2. The third kappa shape index (κ3) is 7.00. The second kappa shape index (κ2) is 12.8. The molecule has 1 saturated heterocycles. The maximum absolute atomic E-state index is 12.7. The molecule has 36 heavy (non-hydrogen) atoms. The van der Waals surface area contributed by atoms with Gasteiger partial charge >= 0.3 is 0 Å². The van der Waals surface area contributed by atoms with E-state index in [0.717, 1.165) is 29.8 Å². The van der Waals surface area contributed by atoms with Crippen molar-refractivity contribution in [2.45, 2.75) is 79.1 Å². The van der Waals surface area contributed by atoms with Gasteiger partial charge in [0.25, 0.3) is 5.91 Å². The van der Waals surface area contributed by atoms with Crippen LogP contribution < -0.4 is 19.7 Å². The lowest BCUT2D eigenvalue weighted by atomic mass is 10.1. The van der Waals surface area contributed by atoms with Crippen LogP contribution in [0.4, 0.5) is 5.69 Å². The Morgan fingerprint density at radius 2 is 1.69 bits per heavy atom. The average Bonchev–Trinajstić information content (AvgIpc) is 3.27. The quantitative estimate of drug-likeness (QED) is 0.444. The van der Waals surface area contributed by atoms with Crippen molar-refractivity contribution in [3.63, 3.8) is 0 Å². The maximum atomic E-state index is 12.7. The molecule has 1 N–H and O–H groups in total. The molecule has 0 saturated carbocycles. The van der Waals surface area contributed by atoms with E-state index in [1.165, 1.54) is 0 Å². The van der Waals surface area contributed by atoms with Gasteiger partial charge in [0.05, 0.1) is 6.61 Å². The summed E-state index contributed by atoms with van der Waals surface area (Å²) in [6.07, 6.45) is 1.56. The number of hydrogen-bond acceptors (Lipinski definition) is 5. The van der Waals surface area contributed by atoms with Crippen LogP contribution in [0.15, 0.2) is 42.5 Å². The Hall–Kier alpha value is -3.06. The number of hydrogen-bond donors (Lipinski definition) is 1. The van der Waals surface area contributed by atoms with Gasteiger partial charge in [0, 0.05) is 43.3 Å². The summed E-state index contributed by atoms with van der Waals surface area (Å²) in [7, 11) is 0. The number of amides is 2. The number of nitrogens with zero attached hydrogens (tertiary/aromatic N) is 2. The molecular weight excluding hydrogens is 454 g/mol. The van der Waals surface area contributed by atoms with Crippen LogP contribution in [-0.2, 0) is 16.1 Å². The molecule has 196 valence electrons. The first-order valence-corrected chi connectivity index (χ1v) is 13.0. The predicted octanol–water partition coefficient (Wildman–Crippen LogP) is 5.09. The summed E-state index contributed by atoms with van der Waals surface area (Å²) in [4.78, 5) is 28.4. The summed E-state index contributed by atoms with van der Waals surface area (Å²) < 4.78 is 11.7. The molecule has 0 spiro atoms. The molecule has 1 aliphatic rings. The zero-order valence-electron chi connectivity index (χ0n) is 22.5. The zero-order valence-corrected chi connectivity index (χ0v) is 22.5. The van der Waals surface area contributed by atoms with Crippen molar-refractivity contribution >= 4 is 17.5 Å². The van der Waals surface area contributed by atoms with E-state index < -0.39 is 0 Å². The minimum absolute atomic E-state index is 0.0237. The Balaban J connectivity index is 1.60. The fourth-order valence-corrected chi connectivity index (χ4v) is 4.69. The highest BCUT2D eigenvalue weighted by molar-refractivity contribution is 5.95. The summed E-state index contributed by atoms with van der Waals surface area (Å²) in [5.41, 5.74) is 3.19. The summed E-state index contributed by atoms with van der Waals surface area (Å²) in [5.74, 6) is 1.37. The van der Waals surface area contributed by atoms with Gasteiger partial charge in [0.2, 0.25) is 5.91 Å². The van der Waals surface area contributed by atoms with Crippen molar-refractivity contribution < 1.29 is 19.1 Å². The Morgan fingerprint density at radius 1 is 1.00 bits per heavy atom. The van der Waals surface area contributed by atoms with Crippen molar-refractivity contribution in [3.8, 4) is 11.5 Å². The monoisotopic (exact) mass is 495 g/mol. The fraction of sp³-hybridized carbons (Fsp3) is 0.517. The number of carbonyl (C=O) groups is 2. The molecule has 2 aromatic rings. The van der Waals surface area contributed by atoms with Gasteiger partial charge in [-0.05, 0) is 83.4 Å². The van der Waals surface area contributed by atoms with E-state index in [4.69, 9.17) is 9.47 Å². The van der Waals surface area contributed by atoms with Gasteiger partial charge in [-0.3, -0.25) is 9.59 Å². The van der Waals surface area contributed by atoms with Crippen molar-refractivity contribution in [1.29, 1.82) is 0 Å². The van der Waals surface area contributed by atoms with Gasteiger partial charge in [-0.2, -0.15) is 0 Å². The van der Waals surface area contributed by atoms with Crippen LogP contribution in [0.1, 0.15) is 71.6 Å². The van der Waals surface area contributed by atoms with Crippen LogP contribution in [0.2, 0.25) is 0 Å². The lowest BCUT2D eigenvalue weighted by Gasteiger charge is -2.30. The highest BCUT2D eigenvalue weighted by Crippen LogP contribution is 2.29. The smallest absolute Gasteiger partial charge is 0.260 e. The van der Waals surface area contributed by atoms with Gasteiger partial charge in [-0.1, -0.05) is 18.2 Å². The molecule has 0 aliphatic carbocycles. The molecular formula is C29H41N3O4. The first-order valence-electron chi connectivity index (χ1n) is 13.0. The average molecular weight is 496 g/mol. The van der Waals surface area contributed by atoms with Crippen molar-refractivity contribution in [1.82, 2.24) is 10.2 Å². The second-order valence-electron chi connectivity index (χ2n) is 9.83. The fourth-order valence-electron chi connectivity index (χ4n) is 4.69. The molecule has 1 fully saturated rings. The first-order chi connectivity index (χ1) is 17.2. The van der Waals surface area contributed by atoms with Gasteiger partial charge in [0.1, 0.15) is 0 Å². The van der Waals surface area contributed by atoms with Crippen LogP contribution in [0.5, 0.6) is 11.5 Å². The molecule has 1 aliphatic heterocycles. The van der Waals surface area contributed by atoms with E-state index >= 15 is 0 Å². The third-order valence-electron chi connectivity index (χ3n) is 6.45. The van der Waals surface area contributed by atoms with Gasteiger partial charge in [0.15, 0.2) is 18.1 Å². The van der Waals surface area contributed by atoms with Crippen molar-refractivity contribution in [3.05, 3.63) is 53.6 Å². The Labute approximate surface area is 215 Å². The summed E-state index contributed by atoms with van der Waals surface area (Å²) in [6, 6.07) is 14.4. The number of ether oxygens (including phenoxy) is 2. The van der Waals surface area contributed by atoms with Gasteiger partial charge in [-0.15, -0.1) is 0 Å². The van der Waals surface area contributed by atoms with E-state index in [1.807, 2.05) is 74.8 Å². The SMILES string of the molecule is CCOc1cc(CNC(C)c2ccc(N3CCCC3=O)cc2)ccc1OCC(=O)N(C(C)C)C(C)C. The number of rotatable bonds is 12. The number of anilines is 1. The Kier molecular flexibility index (Phi) is 9.76. The molecule has 7 heteroatoms. The van der Waals surface area contributed by atoms with Crippen molar-refractivity contribution in [2.24, 2.45) is 0 Å². The molecule has 2 aromatic carbocycles. The molecule has 1 unspecified atom stereocenters. The summed E-state index contributed by atoms with van der Waals surface area (Å²) >= 11 is 0. The molecule has 3 rings (SSSR count). The molecule has 0 aromatic heterocycles. The number of nitrogens with one attached hydrogen (secondary N) is 1. The molecule has 2 amide bonds. The molecule has 0 radical (unpaired) electrons. The van der Waals surface area contributed by atoms with Gasteiger partial charge < -0.3 is 24.6 Å². The van der Waals surface area contributed by atoms with Crippen LogP contribution in [-0.4, -0.2) is 48.6 Å². The molecule has 7 nitrogen and oxygen atoms in total. The summed E-state index contributed by atoms with van der Waals surface area (Å²) in [6.45, 7) is 14.0. The summed E-state index contributed by atoms with van der Waals surface area (Å²) in [5, 5.41) is 3.55. The van der Waals surface area contributed by atoms with E-state index in [9.17, 15) is 9.59 Å². The van der Waals surface area contributed by atoms with Gasteiger partial charge in [-0.25, -0.2) is 0 Å². The topological polar surface area (TPSA) is 71.1 Å². The van der Waals surface area contributed by atoms with Crippen LogP contribution in [0.25, 0.3) is 0 Å². The zero-order chi connectivity index (χ0) is 26.2. The Bertz CT molecular complexity index is 1010. The van der Waals surface area contributed by atoms with E-state index in [2.05, 4.69) is 24.4 Å². The minimum Gasteiger partial charge on any atom is -0.490 e. The normalized spacial score (nSPS) is 14.4. The van der Waals surface area contributed by atoms with Crippen LogP contribution in [0.3, 0.4) is 0 Å². The highest BCUT2D eigenvalue weighted by Gasteiger charge is 2.22. The van der Waals surface area contributed by atoms with E-state index in [0.29, 0.717) is 31.1 Å². The second-order valence-corrected chi connectivity index (χ2v) is 9.83. The van der Waals surface area contributed by atoms with E-state index in [-0.39, 0.29) is 36.5 Å². The maximum Gasteiger partial charge on any atom is 0.260 e. The molecule has 1 heterocycles. The minimum atomic E-state index is -0.0397. The number of carbonyl (C=O) groups excluding carboxylic acids is 2.